The maximum Gasteiger partial charge on any atom is 0.326 e. The number of carboxylic acid groups (broad SMARTS) is 1. The van der Waals surface area contributed by atoms with Crippen LogP contribution in [0, 0.1) is 5.92 Å². The third-order valence-electron chi connectivity index (χ3n) is 3.37. The molecular weight excluding hydrogens is 280 g/mol. The molecule has 2 atom stereocenters. The van der Waals surface area contributed by atoms with Gasteiger partial charge in [-0.25, -0.2) is 4.79 Å². The van der Waals surface area contributed by atoms with Gasteiger partial charge in [0.25, 0.3) is 5.91 Å². The fraction of sp³-hybridized carbons (Fsp3) is 0.571. The standard InChI is InChI=1S/C14H21ClN2O3/c1-5-9(4)12(14(19)20)16-13(18)11-6-10(15)7-17(11)8(2)3/h6-9,12H,5H2,1-4H3,(H,16,18)(H,19,20)/t9-,12-/m0/s1. The molecule has 0 aromatic carbocycles. The van der Waals surface area contributed by atoms with Crippen LogP contribution in [0.2, 0.25) is 5.02 Å². The van der Waals surface area contributed by atoms with Gasteiger partial charge in [0.05, 0.1) is 5.02 Å². The van der Waals surface area contributed by atoms with Crippen molar-refractivity contribution in [1.82, 2.24) is 9.88 Å². The van der Waals surface area contributed by atoms with E-state index in [1.807, 2.05) is 20.8 Å². The van der Waals surface area contributed by atoms with Crippen LogP contribution in [0.15, 0.2) is 12.3 Å². The Kier molecular flexibility index (Phi) is 5.62. The van der Waals surface area contributed by atoms with Crippen LogP contribution in [-0.2, 0) is 4.79 Å². The number of nitrogens with one attached hydrogen (secondary N) is 1. The highest BCUT2D eigenvalue weighted by molar-refractivity contribution is 6.31. The zero-order valence-corrected chi connectivity index (χ0v) is 12.9. The number of hydrogen-bond donors (Lipinski definition) is 2. The van der Waals surface area contributed by atoms with Gasteiger partial charge in [0.1, 0.15) is 11.7 Å². The number of hydrogen-bond acceptors (Lipinski definition) is 2. The highest BCUT2D eigenvalue weighted by Crippen LogP contribution is 2.19. The van der Waals surface area contributed by atoms with E-state index in [4.69, 9.17) is 11.6 Å². The van der Waals surface area contributed by atoms with Crippen molar-refractivity contribution in [3.05, 3.63) is 23.0 Å². The third kappa shape index (κ3) is 3.76. The van der Waals surface area contributed by atoms with E-state index < -0.39 is 17.9 Å². The molecule has 6 heteroatoms. The highest BCUT2D eigenvalue weighted by atomic mass is 35.5. The van der Waals surface area contributed by atoms with Crippen molar-refractivity contribution in [2.45, 2.75) is 46.2 Å². The van der Waals surface area contributed by atoms with Crippen molar-refractivity contribution >= 4 is 23.5 Å². The van der Waals surface area contributed by atoms with Gasteiger partial charge in [-0.05, 0) is 25.8 Å². The maximum atomic E-state index is 12.3. The summed E-state index contributed by atoms with van der Waals surface area (Å²) in [6.07, 6.45) is 2.34. The number of aliphatic carboxylic acids is 1. The Labute approximate surface area is 123 Å². The number of halogens is 1. The molecule has 0 bridgehead atoms. The lowest BCUT2D eigenvalue weighted by Crippen LogP contribution is -2.45. The third-order valence-corrected chi connectivity index (χ3v) is 3.58. The van der Waals surface area contributed by atoms with E-state index in [0.29, 0.717) is 17.1 Å². The quantitative estimate of drug-likeness (QED) is 0.848. The summed E-state index contributed by atoms with van der Waals surface area (Å²) in [6, 6.07) is 0.712. The average molecular weight is 301 g/mol. The van der Waals surface area contributed by atoms with Crippen LogP contribution in [0.5, 0.6) is 0 Å². The zero-order valence-electron chi connectivity index (χ0n) is 12.2. The first-order valence-electron chi connectivity index (χ1n) is 6.68. The van der Waals surface area contributed by atoms with Gasteiger partial charge in [-0.3, -0.25) is 4.79 Å². The van der Waals surface area contributed by atoms with Crippen LogP contribution >= 0.6 is 11.6 Å². The number of carbonyl (C=O) groups excluding carboxylic acids is 1. The molecule has 112 valence electrons. The minimum absolute atomic E-state index is 0.0649. The van der Waals surface area contributed by atoms with Gasteiger partial charge in [0, 0.05) is 12.2 Å². The molecular formula is C14H21ClN2O3. The normalized spacial score (nSPS) is 14.1. The fourth-order valence-electron chi connectivity index (χ4n) is 1.95. The second-order valence-corrected chi connectivity index (χ2v) is 5.66. The van der Waals surface area contributed by atoms with Gasteiger partial charge >= 0.3 is 5.97 Å². The second kappa shape index (κ2) is 6.79. The molecule has 5 nitrogen and oxygen atoms in total. The molecule has 1 rings (SSSR count). The molecule has 0 saturated heterocycles. The van der Waals surface area contributed by atoms with E-state index in [1.165, 1.54) is 0 Å². The van der Waals surface area contributed by atoms with Crippen molar-refractivity contribution in [2.24, 2.45) is 5.92 Å². The summed E-state index contributed by atoms with van der Waals surface area (Å²) in [6.45, 7) is 7.54. The van der Waals surface area contributed by atoms with Crippen molar-refractivity contribution in [3.63, 3.8) is 0 Å². The minimum atomic E-state index is -1.03. The van der Waals surface area contributed by atoms with Crippen LogP contribution in [0.3, 0.4) is 0 Å². The van der Waals surface area contributed by atoms with Gasteiger partial charge in [0.15, 0.2) is 0 Å². The van der Waals surface area contributed by atoms with Gasteiger partial charge in [0.2, 0.25) is 0 Å². The number of carbonyl (C=O) groups is 2. The van der Waals surface area contributed by atoms with E-state index in [9.17, 15) is 14.7 Å². The van der Waals surface area contributed by atoms with Crippen molar-refractivity contribution in [1.29, 1.82) is 0 Å². The van der Waals surface area contributed by atoms with Crippen LogP contribution in [0.25, 0.3) is 0 Å². The Balaban J connectivity index is 2.98. The van der Waals surface area contributed by atoms with Gasteiger partial charge in [-0.2, -0.15) is 0 Å². The molecule has 0 aliphatic heterocycles. The van der Waals surface area contributed by atoms with Gasteiger partial charge in [-0.1, -0.05) is 31.9 Å². The molecule has 0 fully saturated rings. The van der Waals surface area contributed by atoms with Crippen LogP contribution in [0.1, 0.15) is 50.6 Å². The summed E-state index contributed by atoms with van der Waals surface area (Å²) in [5.41, 5.74) is 0.375. The Morgan fingerprint density at radius 1 is 1.40 bits per heavy atom. The van der Waals surface area contributed by atoms with E-state index in [-0.39, 0.29) is 12.0 Å². The van der Waals surface area contributed by atoms with E-state index >= 15 is 0 Å². The largest absolute Gasteiger partial charge is 0.480 e. The number of rotatable bonds is 6. The summed E-state index contributed by atoms with van der Waals surface area (Å²) in [5, 5.41) is 12.2. The molecule has 1 aromatic rings. The first kappa shape index (κ1) is 16.6. The molecule has 1 amide bonds. The lowest BCUT2D eigenvalue weighted by Gasteiger charge is -2.21. The molecule has 0 aliphatic carbocycles. The Bertz CT molecular complexity index is 497. The molecule has 20 heavy (non-hydrogen) atoms. The average Bonchev–Trinajstić information content (AvgIpc) is 2.76. The van der Waals surface area contributed by atoms with Crippen molar-refractivity contribution < 1.29 is 14.7 Å². The maximum absolute atomic E-state index is 12.3. The molecule has 1 aromatic heterocycles. The Morgan fingerprint density at radius 2 is 2.00 bits per heavy atom. The van der Waals surface area contributed by atoms with Gasteiger partial charge < -0.3 is 15.0 Å². The fourth-order valence-corrected chi connectivity index (χ4v) is 2.16. The van der Waals surface area contributed by atoms with Gasteiger partial charge in [-0.15, -0.1) is 0 Å². The molecule has 2 N–H and O–H groups in total. The Morgan fingerprint density at radius 3 is 2.45 bits per heavy atom. The lowest BCUT2D eigenvalue weighted by molar-refractivity contribution is -0.140. The smallest absolute Gasteiger partial charge is 0.326 e. The monoisotopic (exact) mass is 300 g/mol. The SMILES string of the molecule is CC[C@H](C)[C@H](NC(=O)c1cc(Cl)cn1C(C)C)C(=O)O. The number of carboxylic acids is 1. The molecule has 0 radical (unpaired) electrons. The summed E-state index contributed by atoms with van der Waals surface area (Å²) in [4.78, 5) is 23.5. The van der Waals surface area contributed by atoms with E-state index in [0.717, 1.165) is 0 Å². The second-order valence-electron chi connectivity index (χ2n) is 5.22. The number of amides is 1. The summed E-state index contributed by atoms with van der Waals surface area (Å²) < 4.78 is 1.73. The number of nitrogens with zero attached hydrogens (tertiary/aromatic N) is 1. The molecule has 0 unspecified atom stereocenters. The lowest BCUT2D eigenvalue weighted by atomic mass is 9.99. The molecule has 0 aliphatic rings. The van der Waals surface area contributed by atoms with Crippen LogP contribution < -0.4 is 5.32 Å². The summed E-state index contributed by atoms with van der Waals surface area (Å²) in [7, 11) is 0. The topological polar surface area (TPSA) is 71.3 Å². The minimum Gasteiger partial charge on any atom is -0.480 e. The van der Waals surface area contributed by atoms with E-state index in [1.54, 1.807) is 23.8 Å². The predicted molar refractivity (Wildman–Crippen MR) is 78.2 cm³/mol. The van der Waals surface area contributed by atoms with Crippen molar-refractivity contribution in [3.8, 4) is 0 Å². The Hall–Kier alpha value is -1.49. The first-order valence-corrected chi connectivity index (χ1v) is 7.06. The van der Waals surface area contributed by atoms with Crippen LogP contribution in [-0.4, -0.2) is 27.6 Å². The van der Waals surface area contributed by atoms with Crippen LogP contribution in [0.4, 0.5) is 0 Å². The number of aromatic nitrogens is 1. The molecule has 0 spiro atoms. The van der Waals surface area contributed by atoms with E-state index in [2.05, 4.69) is 5.32 Å². The first-order chi connectivity index (χ1) is 9.27. The summed E-state index contributed by atoms with van der Waals surface area (Å²) in [5.74, 6) is -1.59. The van der Waals surface area contributed by atoms with Crippen molar-refractivity contribution in [2.75, 3.05) is 0 Å². The zero-order chi connectivity index (χ0) is 15.4. The molecule has 0 saturated carbocycles. The predicted octanol–water partition coefficient (Wildman–Crippen LogP) is 2.95. The molecule has 1 heterocycles. The summed E-state index contributed by atoms with van der Waals surface area (Å²) >= 11 is 5.93. The highest BCUT2D eigenvalue weighted by Gasteiger charge is 2.27.